The van der Waals surface area contributed by atoms with Gasteiger partial charge in [-0.15, -0.1) is 0 Å². The van der Waals surface area contributed by atoms with E-state index in [0.29, 0.717) is 32.8 Å². The van der Waals surface area contributed by atoms with E-state index in [1.165, 1.54) is 30.3 Å². The third-order valence-electron chi connectivity index (χ3n) is 3.65. The van der Waals surface area contributed by atoms with Crippen LogP contribution in [0, 0.1) is 5.82 Å². The van der Waals surface area contributed by atoms with Crippen LogP contribution >= 0.6 is 27.5 Å². The summed E-state index contributed by atoms with van der Waals surface area (Å²) in [5, 5.41) is 0.252. The molecule has 0 radical (unpaired) electrons. The number of benzene rings is 2. The van der Waals surface area contributed by atoms with Crippen LogP contribution in [-0.4, -0.2) is 25.9 Å². The monoisotopic (exact) mass is 441 g/mol. The molecule has 0 spiro atoms. The lowest BCUT2D eigenvalue weighted by Gasteiger charge is -2.14. The molecule has 0 saturated heterocycles. The van der Waals surface area contributed by atoms with Gasteiger partial charge in [0, 0.05) is 27.2 Å². The van der Waals surface area contributed by atoms with E-state index >= 15 is 0 Å². The number of pyridine rings is 1. The maximum absolute atomic E-state index is 13.3. The summed E-state index contributed by atoms with van der Waals surface area (Å²) in [6.45, 7) is 0. The van der Waals surface area contributed by atoms with Crippen molar-refractivity contribution in [3.8, 4) is 11.1 Å². The van der Waals surface area contributed by atoms with Gasteiger partial charge in [-0.3, -0.25) is 4.79 Å². The number of aldehydes is 1. The topological polar surface area (TPSA) is 64.1 Å². The van der Waals surface area contributed by atoms with Crippen LogP contribution in [-0.2, 0) is 9.84 Å². The van der Waals surface area contributed by atoms with Gasteiger partial charge in [-0.25, -0.2) is 17.8 Å². The minimum atomic E-state index is -3.73. The molecule has 0 N–H and O–H groups in total. The van der Waals surface area contributed by atoms with Crippen LogP contribution in [0.1, 0.15) is 10.4 Å². The Hall–Kier alpha value is -1.83. The summed E-state index contributed by atoms with van der Waals surface area (Å²) >= 11 is 9.42. The first kappa shape index (κ1) is 18.0. The predicted molar refractivity (Wildman–Crippen MR) is 98.3 cm³/mol. The van der Waals surface area contributed by atoms with Crippen molar-refractivity contribution < 1.29 is 17.6 Å². The molecule has 0 aliphatic heterocycles. The SMILES string of the molecule is CS(=O)(=O)c1c(Cl)nc2cc(Br)c(C=O)cc2c1-c1ccc(F)cc1. The Bertz CT molecular complexity index is 1120. The molecule has 0 amide bonds. The van der Waals surface area contributed by atoms with Crippen LogP contribution < -0.4 is 0 Å². The second kappa shape index (κ2) is 6.48. The summed E-state index contributed by atoms with van der Waals surface area (Å²) in [4.78, 5) is 15.3. The summed E-state index contributed by atoms with van der Waals surface area (Å²) < 4.78 is 38.4. The van der Waals surface area contributed by atoms with Gasteiger partial charge >= 0.3 is 0 Å². The highest BCUT2D eigenvalue weighted by Crippen LogP contribution is 2.39. The molecule has 3 rings (SSSR count). The molecular weight excluding hydrogens is 433 g/mol. The van der Waals surface area contributed by atoms with E-state index in [9.17, 15) is 17.6 Å². The second-order valence-corrected chi connectivity index (χ2v) is 8.56. The minimum Gasteiger partial charge on any atom is -0.298 e. The first-order valence-electron chi connectivity index (χ1n) is 6.96. The zero-order valence-electron chi connectivity index (χ0n) is 12.8. The number of nitrogens with zero attached hydrogens (tertiary/aromatic N) is 1. The van der Waals surface area contributed by atoms with E-state index in [2.05, 4.69) is 20.9 Å². The molecule has 1 aromatic heterocycles. The average Bonchev–Trinajstić information content (AvgIpc) is 2.52. The predicted octanol–water partition coefficient (Wildman–Crippen LogP) is 4.67. The maximum atomic E-state index is 13.3. The van der Waals surface area contributed by atoms with Gasteiger partial charge in [0.05, 0.1) is 5.52 Å². The van der Waals surface area contributed by atoms with E-state index in [1.807, 2.05) is 0 Å². The highest BCUT2D eigenvalue weighted by Gasteiger charge is 2.24. The van der Waals surface area contributed by atoms with Crippen molar-refractivity contribution in [3.05, 3.63) is 57.4 Å². The van der Waals surface area contributed by atoms with Gasteiger partial charge in [-0.2, -0.15) is 0 Å². The number of hydrogen-bond donors (Lipinski definition) is 0. The van der Waals surface area contributed by atoms with Crippen molar-refractivity contribution in [2.45, 2.75) is 4.90 Å². The van der Waals surface area contributed by atoms with E-state index < -0.39 is 15.7 Å². The third-order valence-corrected chi connectivity index (χ3v) is 5.86. The summed E-state index contributed by atoms with van der Waals surface area (Å²) in [6, 6.07) is 8.48. The Morgan fingerprint density at radius 3 is 2.40 bits per heavy atom. The second-order valence-electron chi connectivity index (χ2n) is 5.39. The molecule has 3 aromatic rings. The first-order chi connectivity index (χ1) is 11.7. The lowest BCUT2D eigenvalue weighted by Crippen LogP contribution is -2.04. The Morgan fingerprint density at radius 1 is 1.20 bits per heavy atom. The van der Waals surface area contributed by atoms with Crippen LogP contribution in [0.25, 0.3) is 22.0 Å². The number of aromatic nitrogens is 1. The quantitative estimate of drug-likeness (QED) is 0.437. The fraction of sp³-hybridized carbons (Fsp3) is 0.0588. The smallest absolute Gasteiger partial charge is 0.179 e. The molecule has 4 nitrogen and oxygen atoms in total. The van der Waals surface area contributed by atoms with Crippen LogP contribution in [0.4, 0.5) is 4.39 Å². The number of sulfone groups is 1. The molecule has 1 heterocycles. The van der Waals surface area contributed by atoms with Crippen molar-refractivity contribution in [1.82, 2.24) is 4.98 Å². The summed E-state index contributed by atoms with van der Waals surface area (Å²) in [5.74, 6) is -0.453. The number of carbonyl (C=O) groups excluding carboxylic acids is 1. The Balaban J connectivity index is 2.56. The van der Waals surface area contributed by atoms with Crippen molar-refractivity contribution >= 4 is 54.6 Å². The molecule has 0 atom stereocenters. The van der Waals surface area contributed by atoms with E-state index in [-0.39, 0.29) is 15.6 Å². The Morgan fingerprint density at radius 2 is 1.84 bits per heavy atom. The molecule has 0 fully saturated rings. The third kappa shape index (κ3) is 3.31. The lowest BCUT2D eigenvalue weighted by atomic mass is 10.00. The maximum Gasteiger partial charge on any atom is 0.179 e. The van der Waals surface area contributed by atoms with Crippen molar-refractivity contribution in [1.29, 1.82) is 0 Å². The highest BCUT2D eigenvalue weighted by atomic mass is 79.9. The molecular formula is C17H10BrClFNO3S. The average molecular weight is 443 g/mol. The van der Waals surface area contributed by atoms with Crippen LogP contribution in [0.5, 0.6) is 0 Å². The van der Waals surface area contributed by atoms with Crippen LogP contribution in [0.3, 0.4) is 0 Å². The largest absolute Gasteiger partial charge is 0.298 e. The Kier molecular flexibility index (Phi) is 4.66. The van der Waals surface area contributed by atoms with Gasteiger partial charge in [0.15, 0.2) is 16.1 Å². The van der Waals surface area contributed by atoms with Gasteiger partial charge in [0.25, 0.3) is 0 Å². The van der Waals surface area contributed by atoms with Crippen LogP contribution in [0.15, 0.2) is 45.8 Å². The van der Waals surface area contributed by atoms with E-state index in [0.717, 1.165) is 6.26 Å². The van der Waals surface area contributed by atoms with Gasteiger partial charge in [0.2, 0.25) is 0 Å². The molecule has 2 aromatic carbocycles. The zero-order valence-corrected chi connectivity index (χ0v) is 15.9. The molecule has 0 bridgehead atoms. The summed E-state index contributed by atoms with van der Waals surface area (Å²) in [5.41, 5.74) is 1.48. The van der Waals surface area contributed by atoms with Gasteiger partial charge < -0.3 is 0 Å². The van der Waals surface area contributed by atoms with Gasteiger partial charge in [-0.1, -0.05) is 23.7 Å². The molecule has 0 unspecified atom stereocenters. The summed E-state index contributed by atoms with van der Waals surface area (Å²) in [6.07, 6.45) is 1.67. The first-order valence-corrected chi connectivity index (χ1v) is 10.0. The minimum absolute atomic E-state index is 0.160. The van der Waals surface area contributed by atoms with Gasteiger partial charge in [0.1, 0.15) is 15.9 Å². The molecule has 0 aliphatic carbocycles. The van der Waals surface area contributed by atoms with Gasteiger partial charge in [-0.05, 0) is 45.8 Å². The fourth-order valence-corrected chi connectivity index (χ4v) is 4.57. The van der Waals surface area contributed by atoms with E-state index in [1.54, 1.807) is 6.07 Å². The highest BCUT2D eigenvalue weighted by molar-refractivity contribution is 9.10. The van der Waals surface area contributed by atoms with Crippen LogP contribution in [0.2, 0.25) is 5.15 Å². The number of fused-ring (bicyclic) bond motifs is 1. The lowest BCUT2D eigenvalue weighted by molar-refractivity contribution is 0.112. The molecule has 25 heavy (non-hydrogen) atoms. The van der Waals surface area contributed by atoms with E-state index in [4.69, 9.17) is 11.6 Å². The molecule has 8 heteroatoms. The number of hydrogen-bond acceptors (Lipinski definition) is 4. The molecule has 128 valence electrons. The summed E-state index contributed by atoms with van der Waals surface area (Å²) in [7, 11) is -3.73. The van der Waals surface area contributed by atoms with Crippen molar-refractivity contribution in [2.24, 2.45) is 0 Å². The number of carbonyl (C=O) groups is 1. The number of rotatable bonds is 3. The standard InChI is InChI=1S/C17H10BrClFNO3S/c1-25(23,24)16-15(9-2-4-11(20)5-3-9)12-6-10(8-22)13(18)7-14(12)21-17(16)19/h2-8H,1H3. The zero-order chi connectivity index (χ0) is 18.4. The molecule has 0 aliphatic rings. The number of halogens is 3. The normalized spacial score (nSPS) is 11.7. The Labute approximate surface area is 156 Å². The van der Waals surface area contributed by atoms with Crippen molar-refractivity contribution in [2.75, 3.05) is 6.26 Å². The van der Waals surface area contributed by atoms with Crippen molar-refractivity contribution in [3.63, 3.8) is 0 Å². The molecule has 0 saturated carbocycles. The fourth-order valence-electron chi connectivity index (χ4n) is 2.59.